The van der Waals surface area contributed by atoms with Gasteiger partial charge in [0.25, 0.3) is 0 Å². The predicted molar refractivity (Wildman–Crippen MR) is 121 cm³/mol. The van der Waals surface area contributed by atoms with E-state index in [-0.39, 0.29) is 31.2 Å². The zero-order valence-electron chi connectivity index (χ0n) is 18.7. The van der Waals surface area contributed by atoms with E-state index in [4.69, 9.17) is 0 Å². The molecule has 2 aromatic carbocycles. The van der Waals surface area contributed by atoms with E-state index >= 15 is 0 Å². The number of piperazine rings is 1. The summed E-state index contributed by atoms with van der Waals surface area (Å²) in [5.74, 6) is -1.52. The Kier molecular flexibility index (Phi) is 6.71. The van der Waals surface area contributed by atoms with Crippen LogP contribution in [0, 0.1) is 19.7 Å². The number of rotatable bonds is 6. The molecule has 1 unspecified atom stereocenters. The topological polar surface area (TPSA) is 86.8 Å². The average molecular weight is 462 g/mol. The van der Waals surface area contributed by atoms with Gasteiger partial charge in [-0.1, -0.05) is 24.3 Å². The molecule has 7 nitrogen and oxygen atoms in total. The van der Waals surface area contributed by atoms with E-state index in [1.165, 1.54) is 24.0 Å². The Hall–Kier alpha value is -2.78. The predicted octanol–water partition coefficient (Wildman–Crippen LogP) is 2.52. The Balaban J connectivity index is 2.00. The summed E-state index contributed by atoms with van der Waals surface area (Å²) in [7, 11) is -3.69. The van der Waals surface area contributed by atoms with Crippen molar-refractivity contribution in [1.82, 2.24) is 9.62 Å². The summed E-state index contributed by atoms with van der Waals surface area (Å²) >= 11 is 0. The fourth-order valence-electron chi connectivity index (χ4n) is 3.87. The minimum absolute atomic E-state index is 0.115. The van der Waals surface area contributed by atoms with Gasteiger partial charge in [-0.2, -0.15) is 4.31 Å². The van der Waals surface area contributed by atoms with Crippen molar-refractivity contribution in [3.8, 4) is 0 Å². The third-order valence-electron chi connectivity index (χ3n) is 5.97. The quantitative estimate of drug-likeness (QED) is 0.716. The van der Waals surface area contributed by atoms with Crippen LogP contribution in [0.3, 0.4) is 0 Å². The van der Waals surface area contributed by atoms with Crippen LogP contribution in [0.5, 0.6) is 0 Å². The molecule has 3 rings (SSSR count). The lowest BCUT2D eigenvalue weighted by atomic mass is 9.93. The van der Waals surface area contributed by atoms with Crippen molar-refractivity contribution in [3.05, 3.63) is 65.0 Å². The minimum Gasteiger partial charge on any atom is -0.350 e. The first kappa shape index (κ1) is 23.9. The zero-order valence-corrected chi connectivity index (χ0v) is 19.5. The highest BCUT2D eigenvalue weighted by molar-refractivity contribution is 7.89. The molecular formula is C23H28FN3O4S. The van der Waals surface area contributed by atoms with Gasteiger partial charge in [0.2, 0.25) is 21.8 Å². The number of carbonyl (C=O) groups excluding carboxylic acids is 2. The number of sulfonamides is 1. The summed E-state index contributed by atoms with van der Waals surface area (Å²) in [6.07, 6.45) is 0. The summed E-state index contributed by atoms with van der Waals surface area (Å²) in [5.41, 5.74) is 1.57. The van der Waals surface area contributed by atoms with Crippen molar-refractivity contribution < 1.29 is 22.4 Å². The SMILES string of the molecule is CCS(=O)(=O)N1CC(=O)N(c2cccc(C)c2C)C(C)(C(=O)NCc2ccc(F)cc2)C1. The summed E-state index contributed by atoms with van der Waals surface area (Å²) < 4.78 is 39.4. The van der Waals surface area contributed by atoms with Crippen molar-refractivity contribution in [3.63, 3.8) is 0 Å². The van der Waals surface area contributed by atoms with E-state index in [0.717, 1.165) is 15.4 Å². The van der Waals surface area contributed by atoms with E-state index in [9.17, 15) is 22.4 Å². The monoisotopic (exact) mass is 461 g/mol. The summed E-state index contributed by atoms with van der Waals surface area (Å²) in [4.78, 5) is 28.1. The normalized spacial score (nSPS) is 19.8. The molecule has 0 spiro atoms. The second-order valence-corrected chi connectivity index (χ2v) is 10.5. The fraction of sp³-hybridized carbons (Fsp3) is 0.391. The van der Waals surface area contributed by atoms with Crippen LogP contribution >= 0.6 is 0 Å². The van der Waals surface area contributed by atoms with E-state index in [1.54, 1.807) is 31.2 Å². The number of hydrogen-bond donors (Lipinski definition) is 1. The number of halogens is 1. The van der Waals surface area contributed by atoms with E-state index in [2.05, 4.69) is 5.32 Å². The number of anilines is 1. The van der Waals surface area contributed by atoms with Gasteiger partial charge in [0, 0.05) is 18.8 Å². The molecule has 1 N–H and O–H groups in total. The van der Waals surface area contributed by atoms with Crippen LogP contribution in [0.2, 0.25) is 0 Å². The number of aryl methyl sites for hydroxylation is 1. The first-order valence-corrected chi connectivity index (χ1v) is 12.0. The minimum atomic E-state index is -3.69. The van der Waals surface area contributed by atoms with Gasteiger partial charge in [0.05, 0.1) is 12.3 Å². The molecule has 1 saturated heterocycles. The summed E-state index contributed by atoms with van der Waals surface area (Å²) in [6, 6.07) is 11.2. The number of benzene rings is 2. The Morgan fingerprint density at radius 1 is 1.16 bits per heavy atom. The second-order valence-electron chi connectivity index (χ2n) is 8.20. The highest BCUT2D eigenvalue weighted by Crippen LogP contribution is 2.34. The maximum atomic E-state index is 13.4. The number of nitrogens with one attached hydrogen (secondary N) is 1. The van der Waals surface area contributed by atoms with Gasteiger partial charge in [-0.15, -0.1) is 0 Å². The molecule has 1 aliphatic rings. The molecule has 0 radical (unpaired) electrons. The fourth-order valence-corrected chi connectivity index (χ4v) is 4.99. The van der Waals surface area contributed by atoms with Crippen molar-refractivity contribution >= 4 is 27.5 Å². The van der Waals surface area contributed by atoms with Crippen LogP contribution in [0.25, 0.3) is 0 Å². The summed E-state index contributed by atoms with van der Waals surface area (Å²) in [6.45, 7) is 6.47. The maximum Gasteiger partial charge on any atom is 0.247 e. The van der Waals surface area contributed by atoms with E-state index in [1.807, 2.05) is 19.9 Å². The van der Waals surface area contributed by atoms with Gasteiger partial charge in [0.15, 0.2) is 0 Å². The molecule has 172 valence electrons. The molecule has 32 heavy (non-hydrogen) atoms. The molecule has 9 heteroatoms. The molecule has 0 aromatic heterocycles. The lowest BCUT2D eigenvalue weighted by Gasteiger charge is -2.47. The molecule has 2 amide bonds. The molecular weight excluding hydrogens is 433 g/mol. The Labute approximate surface area is 188 Å². The van der Waals surface area contributed by atoms with Gasteiger partial charge in [0.1, 0.15) is 11.4 Å². The number of carbonyl (C=O) groups is 2. The molecule has 0 bridgehead atoms. The Bertz CT molecular complexity index is 1130. The molecule has 2 aromatic rings. The Morgan fingerprint density at radius 3 is 2.44 bits per heavy atom. The van der Waals surface area contributed by atoms with E-state index in [0.29, 0.717) is 11.3 Å². The smallest absolute Gasteiger partial charge is 0.247 e. The van der Waals surface area contributed by atoms with Crippen LogP contribution in [-0.2, 0) is 26.2 Å². The highest BCUT2D eigenvalue weighted by atomic mass is 32.2. The molecule has 0 saturated carbocycles. The molecule has 0 aliphatic carbocycles. The van der Waals surface area contributed by atoms with E-state index < -0.39 is 27.4 Å². The van der Waals surface area contributed by atoms with Gasteiger partial charge in [-0.25, -0.2) is 12.8 Å². The second kappa shape index (κ2) is 8.99. The van der Waals surface area contributed by atoms with Gasteiger partial charge < -0.3 is 5.32 Å². The standard InChI is InChI=1S/C23H28FN3O4S/c1-5-32(30,31)26-14-21(28)27(20-8-6-7-16(2)17(20)3)23(4,15-26)22(29)25-13-18-9-11-19(24)12-10-18/h6-12H,5,13-15H2,1-4H3,(H,25,29). The van der Waals surface area contributed by atoms with Crippen molar-refractivity contribution in [1.29, 1.82) is 0 Å². The molecule has 1 aliphatic heterocycles. The van der Waals surface area contributed by atoms with Gasteiger partial charge in [-0.3, -0.25) is 14.5 Å². The van der Waals surface area contributed by atoms with Crippen LogP contribution in [0.4, 0.5) is 10.1 Å². The Morgan fingerprint density at radius 2 is 1.81 bits per heavy atom. The summed E-state index contributed by atoms with van der Waals surface area (Å²) in [5, 5.41) is 2.80. The lowest BCUT2D eigenvalue weighted by Crippen LogP contribution is -2.70. The first-order valence-electron chi connectivity index (χ1n) is 10.4. The number of hydrogen-bond acceptors (Lipinski definition) is 4. The van der Waals surface area contributed by atoms with Crippen LogP contribution in [0.15, 0.2) is 42.5 Å². The van der Waals surface area contributed by atoms with Crippen molar-refractivity contribution in [2.75, 3.05) is 23.7 Å². The largest absolute Gasteiger partial charge is 0.350 e. The zero-order chi connectivity index (χ0) is 23.7. The number of nitrogens with zero attached hydrogens (tertiary/aromatic N) is 2. The van der Waals surface area contributed by atoms with Crippen LogP contribution in [-0.4, -0.2) is 48.9 Å². The third kappa shape index (κ3) is 4.54. The molecule has 1 heterocycles. The molecule has 1 atom stereocenters. The van der Waals surface area contributed by atoms with Crippen LogP contribution in [0.1, 0.15) is 30.5 Å². The first-order chi connectivity index (χ1) is 15.0. The highest BCUT2D eigenvalue weighted by Gasteiger charge is 2.50. The van der Waals surface area contributed by atoms with Crippen molar-refractivity contribution in [2.45, 2.75) is 39.8 Å². The maximum absolute atomic E-state index is 13.4. The number of amides is 2. The average Bonchev–Trinajstić information content (AvgIpc) is 2.75. The van der Waals surface area contributed by atoms with Crippen LogP contribution < -0.4 is 10.2 Å². The van der Waals surface area contributed by atoms with Crippen molar-refractivity contribution in [2.24, 2.45) is 0 Å². The van der Waals surface area contributed by atoms with Gasteiger partial charge >= 0.3 is 0 Å². The van der Waals surface area contributed by atoms with Gasteiger partial charge in [-0.05, 0) is 62.6 Å². The third-order valence-corrected chi connectivity index (χ3v) is 7.74. The molecule has 1 fully saturated rings. The lowest BCUT2D eigenvalue weighted by molar-refractivity contribution is -0.133.